The van der Waals surface area contributed by atoms with Gasteiger partial charge in [-0.2, -0.15) is 0 Å². The Labute approximate surface area is 87.8 Å². The van der Waals surface area contributed by atoms with E-state index in [4.69, 9.17) is 0 Å². The molecule has 3 heteroatoms. The topological polar surface area (TPSA) is 40.1 Å². The monoisotopic (exact) mass is 247 g/mol. The van der Waals surface area contributed by atoms with Gasteiger partial charge in [-0.3, -0.25) is 0 Å². The maximum absolute atomic E-state index is 11.1. The van der Waals surface area contributed by atoms with Crippen molar-refractivity contribution in [2.45, 2.75) is 44.9 Å². The van der Waals surface area contributed by atoms with Crippen LogP contribution in [0.4, 0.5) is 0 Å². The summed E-state index contributed by atoms with van der Waals surface area (Å²) in [6.45, 7) is 5.83. The van der Waals surface area contributed by atoms with E-state index in [9.17, 15) is 9.90 Å². The molecule has 1 rings (SSSR count). The summed E-state index contributed by atoms with van der Waals surface area (Å²) in [5, 5.41) is 11.1. The first-order valence-electron chi connectivity index (χ1n) is 4.65. The molecule has 0 radical (unpaired) electrons. The predicted octanol–water partition coefficient (Wildman–Crippen LogP) is 1.72. The molecule has 1 aliphatic carbocycles. The van der Waals surface area contributed by atoms with Gasteiger partial charge in [-0.1, -0.05) is 36.7 Å². The highest BCUT2D eigenvalue weighted by Crippen LogP contribution is 2.51. The lowest BCUT2D eigenvalue weighted by atomic mass is 9.59. The molecule has 0 unspecified atom stereocenters. The van der Waals surface area contributed by atoms with E-state index < -0.39 is 11.4 Å². The molecule has 0 saturated heterocycles. The second-order valence-electron chi connectivity index (χ2n) is 4.84. The first-order valence-corrected chi connectivity index (χ1v) is 5.57. The van der Waals surface area contributed by atoms with Crippen LogP contribution in [0.3, 0.4) is 0 Å². The SMILES string of the molecule is CC1(C)C[C@@H](Br)CC[C@]1(C)C(=O)[O-]. The Balaban J connectivity index is 2.92. The molecule has 0 N–H and O–H groups in total. The number of carbonyl (C=O) groups excluding carboxylic acids is 1. The van der Waals surface area contributed by atoms with Crippen molar-refractivity contribution in [2.24, 2.45) is 10.8 Å². The summed E-state index contributed by atoms with van der Waals surface area (Å²) in [6, 6.07) is 0. The van der Waals surface area contributed by atoms with Gasteiger partial charge < -0.3 is 9.90 Å². The zero-order chi connectivity index (χ0) is 10.3. The van der Waals surface area contributed by atoms with Crippen LogP contribution in [0.2, 0.25) is 0 Å². The van der Waals surface area contributed by atoms with Gasteiger partial charge in [0, 0.05) is 16.2 Å². The molecule has 2 nitrogen and oxygen atoms in total. The van der Waals surface area contributed by atoms with Crippen LogP contribution >= 0.6 is 15.9 Å². The molecule has 0 bridgehead atoms. The van der Waals surface area contributed by atoms with E-state index in [0.717, 1.165) is 12.8 Å². The molecule has 0 spiro atoms. The Hall–Kier alpha value is -0.0500. The van der Waals surface area contributed by atoms with Crippen molar-refractivity contribution in [3.05, 3.63) is 0 Å². The van der Waals surface area contributed by atoms with Gasteiger partial charge in [0.25, 0.3) is 0 Å². The summed E-state index contributed by atoms with van der Waals surface area (Å²) < 4.78 is 0. The summed E-state index contributed by atoms with van der Waals surface area (Å²) in [7, 11) is 0. The Kier molecular flexibility index (Phi) is 2.77. The smallest absolute Gasteiger partial charge is 0.0478 e. The van der Waals surface area contributed by atoms with Gasteiger partial charge in [0.2, 0.25) is 0 Å². The fourth-order valence-corrected chi connectivity index (χ4v) is 3.08. The van der Waals surface area contributed by atoms with Gasteiger partial charge in [-0.25, -0.2) is 0 Å². The van der Waals surface area contributed by atoms with Crippen LogP contribution in [0.5, 0.6) is 0 Å². The molecule has 2 atom stereocenters. The second-order valence-corrected chi connectivity index (χ2v) is 6.14. The van der Waals surface area contributed by atoms with E-state index in [-0.39, 0.29) is 5.41 Å². The quantitative estimate of drug-likeness (QED) is 0.663. The Morgan fingerprint density at radius 2 is 2.00 bits per heavy atom. The summed E-state index contributed by atoms with van der Waals surface area (Å²) >= 11 is 3.55. The molecular formula is C10H16BrO2-. The summed E-state index contributed by atoms with van der Waals surface area (Å²) in [5.41, 5.74) is -0.852. The number of hydrogen-bond acceptors (Lipinski definition) is 2. The molecule has 0 amide bonds. The lowest BCUT2D eigenvalue weighted by Gasteiger charge is -2.50. The molecule has 13 heavy (non-hydrogen) atoms. The Morgan fingerprint density at radius 3 is 2.38 bits per heavy atom. The highest BCUT2D eigenvalue weighted by Gasteiger charge is 2.46. The third-order valence-corrected chi connectivity index (χ3v) is 4.42. The molecule has 76 valence electrons. The minimum absolute atomic E-state index is 0.182. The van der Waals surface area contributed by atoms with Crippen LogP contribution < -0.4 is 5.11 Å². The lowest BCUT2D eigenvalue weighted by molar-refractivity contribution is -0.325. The van der Waals surface area contributed by atoms with Crippen LogP contribution in [0.15, 0.2) is 0 Å². The fraction of sp³-hybridized carbons (Fsp3) is 0.900. The van der Waals surface area contributed by atoms with E-state index in [0.29, 0.717) is 11.2 Å². The molecular weight excluding hydrogens is 232 g/mol. The zero-order valence-corrected chi connectivity index (χ0v) is 9.98. The molecule has 0 aliphatic heterocycles. The highest BCUT2D eigenvalue weighted by molar-refractivity contribution is 9.09. The molecule has 0 aromatic rings. The van der Waals surface area contributed by atoms with E-state index >= 15 is 0 Å². The minimum atomic E-state index is -0.906. The van der Waals surface area contributed by atoms with Gasteiger partial charge >= 0.3 is 0 Å². The van der Waals surface area contributed by atoms with Gasteiger partial charge in [-0.05, 0) is 24.7 Å². The average Bonchev–Trinajstić information content (AvgIpc) is 1.96. The Bertz CT molecular complexity index is 225. The van der Waals surface area contributed by atoms with Crippen molar-refractivity contribution >= 4 is 21.9 Å². The number of halogens is 1. The molecule has 0 heterocycles. The number of alkyl halides is 1. The largest absolute Gasteiger partial charge is 0.550 e. The molecule has 0 aromatic heterocycles. The first kappa shape index (κ1) is 11.0. The third-order valence-electron chi connectivity index (χ3n) is 3.63. The summed E-state index contributed by atoms with van der Waals surface area (Å²) in [6.07, 6.45) is 2.53. The number of rotatable bonds is 1. The molecule has 1 saturated carbocycles. The molecule has 1 fully saturated rings. The minimum Gasteiger partial charge on any atom is -0.550 e. The number of carboxylic acids is 1. The van der Waals surface area contributed by atoms with Crippen molar-refractivity contribution < 1.29 is 9.90 Å². The van der Waals surface area contributed by atoms with Crippen LogP contribution in [-0.2, 0) is 4.79 Å². The lowest BCUT2D eigenvalue weighted by Crippen LogP contribution is -2.52. The maximum Gasteiger partial charge on any atom is 0.0478 e. The summed E-state index contributed by atoms with van der Waals surface area (Å²) in [5.74, 6) is -0.906. The number of carboxylic acid groups (broad SMARTS) is 1. The third kappa shape index (κ3) is 1.76. The molecule has 1 aliphatic rings. The van der Waals surface area contributed by atoms with Crippen molar-refractivity contribution in [3.63, 3.8) is 0 Å². The predicted molar refractivity (Wildman–Crippen MR) is 53.5 cm³/mol. The number of aliphatic carboxylic acids is 1. The highest BCUT2D eigenvalue weighted by atomic mass is 79.9. The zero-order valence-electron chi connectivity index (χ0n) is 8.39. The average molecular weight is 248 g/mol. The summed E-state index contributed by atoms with van der Waals surface area (Å²) in [4.78, 5) is 11.5. The van der Waals surface area contributed by atoms with Crippen molar-refractivity contribution in [1.82, 2.24) is 0 Å². The van der Waals surface area contributed by atoms with Gasteiger partial charge in [-0.15, -0.1) is 0 Å². The van der Waals surface area contributed by atoms with Crippen molar-refractivity contribution in [2.75, 3.05) is 0 Å². The normalized spacial score (nSPS) is 38.6. The van der Waals surface area contributed by atoms with Gasteiger partial charge in [0.15, 0.2) is 0 Å². The van der Waals surface area contributed by atoms with Crippen molar-refractivity contribution in [3.8, 4) is 0 Å². The fourth-order valence-electron chi connectivity index (χ4n) is 2.04. The maximum atomic E-state index is 11.1. The first-order chi connectivity index (χ1) is 5.79. The van der Waals surface area contributed by atoms with E-state index in [1.807, 2.05) is 13.8 Å². The number of hydrogen-bond donors (Lipinski definition) is 0. The van der Waals surface area contributed by atoms with Crippen LogP contribution in [0, 0.1) is 10.8 Å². The standard InChI is InChI=1S/C10H17BrO2/c1-9(2)6-7(11)4-5-10(9,3)8(12)13/h7H,4-6H2,1-3H3,(H,12,13)/p-1/t7-,10+/m0/s1. The van der Waals surface area contributed by atoms with Crippen LogP contribution in [-0.4, -0.2) is 10.8 Å². The van der Waals surface area contributed by atoms with Crippen LogP contribution in [0.25, 0.3) is 0 Å². The second kappa shape index (κ2) is 3.26. The van der Waals surface area contributed by atoms with Crippen LogP contribution in [0.1, 0.15) is 40.0 Å². The number of carbonyl (C=O) groups is 1. The van der Waals surface area contributed by atoms with E-state index in [1.54, 1.807) is 6.92 Å². The Morgan fingerprint density at radius 1 is 1.46 bits per heavy atom. The van der Waals surface area contributed by atoms with Gasteiger partial charge in [0.05, 0.1) is 0 Å². The van der Waals surface area contributed by atoms with Crippen molar-refractivity contribution in [1.29, 1.82) is 0 Å². The van der Waals surface area contributed by atoms with Gasteiger partial charge in [0.1, 0.15) is 0 Å². The molecule has 0 aromatic carbocycles. The van der Waals surface area contributed by atoms with E-state index in [1.165, 1.54) is 0 Å². The van der Waals surface area contributed by atoms with E-state index in [2.05, 4.69) is 15.9 Å².